The molecular weight excluding hydrogens is 412 g/mol. The van der Waals surface area contributed by atoms with Gasteiger partial charge in [-0.05, 0) is 73.2 Å². The van der Waals surface area contributed by atoms with Crippen LogP contribution in [-0.4, -0.2) is 11.2 Å². The van der Waals surface area contributed by atoms with E-state index in [4.69, 9.17) is 21.0 Å². The van der Waals surface area contributed by atoms with Gasteiger partial charge >= 0.3 is 0 Å². The molecule has 30 heavy (non-hydrogen) atoms. The first-order valence-corrected chi connectivity index (χ1v) is 10.7. The lowest BCUT2D eigenvalue weighted by atomic mass is 10.2. The topological polar surface area (TPSA) is 38.4 Å². The summed E-state index contributed by atoms with van der Waals surface area (Å²) in [6.45, 7) is 2.10. The van der Waals surface area contributed by atoms with Gasteiger partial charge in [-0.25, -0.2) is 4.98 Å². The van der Waals surface area contributed by atoms with Crippen LogP contribution < -0.4 is 0 Å². The number of nitrogens with zero attached hydrogens (tertiary/aromatic N) is 2. The quantitative estimate of drug-likeness (QED) is 0.272. The fourth-order valence-electron chi connectivity index (χ4n) is 3.20. The number of furan rings is 1. The van der Waals surface area contributed by atoms with Gasteiger partial charge in [-0.1, -0.05) is 29.8 Å². The Morgan fingerprint density at radius 3 is 2.63 bits per heavy atom. The van der Waals surface area contributed by atoms with Crippen LogP contribution in [0.15, 0.2) is 88.3 Å². The number of hydrogen-bond donors (Lipinski definition) is 0. The smallest absolute Gasteiger partial charge is 0.145 e. The fraction of sp³-hybridized carbons (Fsp3) is 0.0400. The third-order valence-corrected chi connectivity index (χ3v) is 6.04. The summed E-state index contributed by atoms with van der Waals surface area (Å²) in [6.07, 6.45) is 1.73. The van der Waals surface area contributed by atoms with Crippen molar-refractivity contribution in [2.75, 3.05) is 0 Å². The summed E-state index contributed by atoms with van der Waals surface area (Å²) in [5.41, 5.74) is 5.18. The maximum atomic E-state index is 6.06. The van der Waals surface area contributed by atoms with E-state index in [-0.39, 0.29) is 0 Å². The molecule has 0 spiro atoms. The maximum absolute atomic E-state index is 6.06. The zero-order valence-electron chi connectivity index (χ0n) is 16.2. The van der Waals surface area contributed by atoms with Crippen LogP contribution >= 0.6 is 22.9 Å². The average Bonchev–Trinajstić information content (AvgIpc) is 3.39. The Morgan fingerprint density at radius 1 is 0.933 bits per heavy atom. The van der Waals surface area contributed by atoms with E-state index in [0.717, 1.165) is 33.1 Å². The third kappa shape index (κ3) is 3.92. The summed E-state index contributed by atoms with van der Waals surface area (Å²) in [4.78, 5) is 9.27. The highest BCUT2D eigenvalue weighted by Crippen LogP contribution is 2.31. The van der Waals surface area contributed by atoms with Crippen molar-refractivity contribution in [3.05, 3.63) is 95.2 Å². The standard InChI is InChI=1S/C25H17ClN2OS/c1-16-5-11-22-24(13-16)30-25(28-22)17-6-8-20(9-7-17)27-15-21-10-12-23(29-21)18-3-2-4-19(26)14-18/h2-15H,1H3. The molecular formula is C25H17ClN2OS. The first-order chi connectivity index (χ1) is 14.6. The molecule has 0 aliphatic carbocycles. The normalized spacial score (nSPS) is 11.5. The molecule has 2 aromatic heterocycles. The van der Waals surface area contributed by atoms with Gasteiger partial charge in [0.05, 0.1) is 22.1 Å². The lowest BCUT2D eigenvalue weighted by Gasteiger charge is -1.98. The van der Waals surface area contributed by atoms with Gasteiger partial charge in [0.1, 0.15) is 16.5 Å². The van der Waals surface area contributed by atoms with Crippen LogP contribution in [0.5, 0.6) is 0 Å². The van der Waals surface area contributed by atoms with Crippen LogP contribution in [0, 0.1) is 6.92 Å². The molecule has 5 rings (SSSR count). The van der Waals surface area contributed by atoms with Gasteiger partial charge in [-0.15, -0.1) is 11.3 Å². The molecule has 0 amide bonds. The minimum atomic E-state index is 0.683. The molecule has 0 saturated heterocycles. The van der Waals surface area contributed by atoms with Gasteiger partial charge in [-0.3, -0.25) is 4.99 Å². The van der Waals surface area contributed by atoms with Crippen molar-refractivity contribution in [1.82, 2.24) is 4.98 Å². The van der Waals surface area contributed by atoms with Crippen LogP contribution in [0.2, 0.25) is 5.02 Å². The van der Waals surface area contributed by atoms with E-state index in [0.29, 0.717) is 10.8 Å². The summed E-state index contributed by atoms with van der Waals surface area (Å²) >= 11 is 7.77. The van der Waals surface area contributed by atoms with Crippen LogP contribution in [0.25, 0.3) is 32.1 Å². The van der Waals surface area contributed by atoms with E-state index in [2.05, 4.69) is 42.2 Å². The lowest BCUT2D eigenvalue weighted by molar-refractivity contribution is 0.575. The maximum Gasteiger partial charge on any atom is 0.145 e. The molecule has 0 fully saturated rings. The van der Waals surface area contributed by atoms with E-state index in [9.17, 15) is 0 Å². The van der Waals surface area contributed by atoms with E-state index in [1.54, 1.807) is 17.6 Å². The molecule has 0 aliphatic rings. The SMILES string of the molecule is Cc1ccc2nc(-c3ccc(N=Cc4ccc(-c5cccc(Cl)c5)o4)cc3)sc2c1. The second kappa shape index (κ2) is 7.90. The minimum absolute atomic E-state index is 0.683. The monoisotopic (exact) mass is 428 g/mol. The molecule has 0 bridgehead atoms. The van der Waals surface area contributed by atoms with Gasteiger partial charge in [0, 0.05) is 16.1 Å². The Bertz CT molecular complexity index is 1370. The highest BCUT2D eigenvalue weighted by molar-refractivity contribution is 7.21. The molecule has 5 aromatic rings. The second-order valence-electron chi connectivity index (χ2n) is 7.01. The molecule has 0 atom stereocenters. The Kier molecular flexibility index (Phi) is 4.95. The molecule has 0 aliphatic heterocycles. The molecule has 146 valence electrons. The molecule has 0 unspecified atom stereocenters. The van der Waals surface area contributed by atoms with E-state index in [1.807, 2.05) is 48.5 Å². The summed E-state index contributed by atoms with van der Waals surface area (Å²) in [7, 11) is 0. The molecule has 2 heterocycles. The van der Waals surface area contributed by atoms with Crippen molar-refractivity contribution in [3.8, 4) is 21.9 Å². The fourth-order valence-corrected chi connectivity index (χ4v) is 4.46. The minimum Gasteiger partial charge on any atom is -0.455 e. The van der Waals surface area contributed by atoms with E-state index in [1.165, 1.54) is 10.3 Å². The number of aliphatic imine (C=N–C) groups is 1. The number of rotatable bonds is 4. The zero-order chi connectivity index (χ0) is 20.5. The number of halogens is 1. The largest absolute Gasteiger partial charge is 0.455 e. The van der Waals surface area contributed by atoms with Crippen molar-refractivity contribution in [3.63, 3.8) is 0 Å². The van der Waals surface area contributed by atoms with Gasteiger partial charge < -0.3 is 4.42 Å². The third-order valence-electron chi connectivity index (χ3n) is 4.73. The highest BCUT2D eigenvalue weighted by Gasteiger charge is 2.07. The van der Waals surface area contributed by atoms with Crippen molar-refractivity contribution >= 4 is 45.1 Å². The Morgan fingerprint density at radius 2 is 1.80 bits per heavy atom. The molecule has 0 radical (unpaired) electrons. The summed E-state index contributed by atoms with van der Waals surface area (Å²) < 4.78 is 7.08. The van der Waals surface area contributed by atoms with Gasteiger partial charge in [0.2, 0.25) is 0 Å². The number of fused-ring (bicyclic) bond motifs is 1. The lowest BCUT2D eigenvalue weighted by Crippen LogP contribution is -1.77. The molecule has 0 N–H and O–H groups in total. The number of aromatic nitrogens is 1. The first kappa shape index (κ1) is 18.8. The van der Waals surface area contributed by atoms with Gasteiger partial charge in [0.25, 0.3) is 0 Å². The highest BCUT2D eigenvalue weighted by atomic mass is 35.5. The average molecular weight is 429 g/mol. The number of aryl methyl sites for hydroxylation is 1. The first-order valence-electron chi connectivity index (χ1n) is 9.51. The predicted molar refractivity (Wildman–Crippen MR) is 126 cm³/mol. The van der Waals surface area contributed by atoms with Crippen LogP contribution in [-0.2, 0) is 0 Å². The number of benzene rings is 3. The Balaban J connectivity index is 1.34. The number of hydrogen-bond acceptors (Lipinski definition) is 4. The second-order valence-corrected chi connectivity index (χ2v) is 8.47. The molecule has 3 nitrogen and oxygen atoms in total. The van der Waals surface area contributed by atoms with Gasteiger partial charge in [0.15, 0.2) is 0 Å². The van der Waals surface area contributed by atoms with E-state index < -0.39 is 0 Å². The van der Waals surface area contributed by atoms with Crippen LogP contribution in [0.3, 0.4) is 0 Å². The summed E-state index contributed by atoms with van der Waals surface area (Å²) in [5, 5.41) is 1.70. The Labute approximate surface area is 183 Å². The molecule has 5 heteroatoms. The molecule has 0 saturated carbocycles. The van der Waals surface area contributed by atoms with Crippen molar-refractivity contribution in [2.24, 2.45) is 4.99 Å². The summed E-state index contributed by atoms with van der Waals surface area (Å²) in [6, 6.07) is 25.8. The van der Waals surface area contributed by atoms with Crippen molar-refractivity contribution in [2.45, 2.75) is 6.92 Å². The van der Waals surface area contributed by atoms with E-state index >= 15 is 0 Å². The zero-order valence-corrected chi connectivity index (χ0v) is 17.7. The number of thiazole rings is 1. The predicted octanol–water partition coefficient (Wildman–Crippen LogP) is 7.94. The van der Waals surface area contributed by atoms with Gasteiger partial charge in [-0.2, -0.15) is 0 Å². The Hall–Kier alpha value is -3.21. The van der Waals surface area contributed by atoms with Crippen molar-refractivity contribution < 1.29 is 4.42 Å². The van der Waals surface area contributed by atoms with Crippen molar-refractivity contribution in [1.29, 1.82) is 0 Å². The van der Waals surface area contributed by atoms with Crippen LogP contribution in [0.1, 0.15) is 11.3 Å². The van der Waals surface area contributed by atoms with Crippen LogP contribution in [0.4, 0.5) is 5.69 Å². The summed E-state index contributed by atoms with van der Waals surface area (Å²) in [5.74, 6) is 1.45. The molecule has 3 aromatic carbocycles.